The van der Waals surface area contributed by atoms with Crippen LogP contribution in [0, 0.1) is 41.4 Å². The molecule has 0 radical (unpaired) electrons. The second-order valence-corrected chi connectivity index (χ2v) is 18.7. The Balaban J connectivity index is -0.0000000441. The Labute approximate surface area is 531 Å². The molecule has 0 amide bonds. The number of nitrogens with two attached hydrogens (primary N) is 2. The van der Waals surface area contributed by atoms with Crippen molar-refractivity contribution in [2.45, 2.75) is 100 Å². The van der Waals surface area contributed by atoms with E-state index in [9.17, 15) is 35.5 Å². The fourth-order valence-electron chi connectivity index (χ4n) is 8.28. The monoisotopic (exact) mass is 1510 g/mol. The van der Waals surface area contributed by atoms with Gasteiger partial charge in [0.15, 0.2) is 12.6 Å². The smallest absolute Gasteiger partial charge is 0.748 e. The van der Waals surface area contributed by atoms with Crippen LogP contribution in [-0.4, -0.2) is 165 Å². The van der Waals surface area contributed by atoms with Crippen LogP contribution in [0.25, 0.3) is 33.6 Å². The predicted molar refractivity (Wildman–Crippen MR) is 242 cm³/mol. The molecule has 2 saturated carbocycles. The van der Waals surface area contributed by atoms with Crippen molar-refractivity contribution >= 4 is 32.2 Å². The maximum absolute atomic E-state index is 10.8. The van der Waals surface area contributed by atoms with E-state index in [0.29, 0.717) is 0 Å². The first-order chi connectivity index (χ1) is 26.4. The van der Waals surface area contributed by atoms with Gasteiger partial charge in [0.2, 0.25) is 0 Å². The van der Waals surface area contributed by atoms with Gasteiger partial charge in [0.25, 0.3) is 0 Å². The van der Waals surface area contributed by atoms with Crippen molar-refractivity contribution in [3.63, 3.8) is 0 Å². The molecular weight excluding hydrogens is 1440 g/mol. The van der Waals surface area contributed by atoms with Crippen LogP contribution in [0.15, 0.2) is 23.9 Å². The van der Waals surface area contributed by atoms with Crippen LogP contribution < -0.4 is 0 Å². The van der Waals surface area contributed by atoms with E-state index >= 15 is 0 Å². The number of carboxylic acid groups (broad SMARTS) is 2. The molecule has 0 aromatic carbocycles. The molecule has 6 unspecified atom stereocenters. The minimum absolute atomic E-state index is 0. The molecule has 3 saturated heterocycles. The van der Waals surface area contributed by atoms with E-state index in [1.165, 1.54) is 44.1 Å². The van der Waals surface area contributed by atoms with Crippen LogP contribution in [0.5, 0.6) is 0 Å². The standard InChI is InChI=1S/C10H18N2.C10H14N2.2C8H14O7S.2H2N.7H2O.8Zn/c2*1-5-11-6-2-9(1)10-3-7-12-8-4-10;2*9-7(10)4-1-5(8(11)12)3-6(2-4)16(13,14)15;;;;;;;;;;;;;;;;;/h9-10H,1-8H2;1-2,5,10H,3-4,6-8H2;2*4-7,9-10H,1-3H2,(H,11,12)(H,13,14,15);9*1H2;;;;;;;;/q2*-2;;;2*-1;;;;;;;;;;6*+2. The van der Waals surface area contributed by atoms with E-state index in [1.807, 2.05) is 6.20 Å². The number of aliphatic hydroxyl groups is 4. The normalized spacial score (nSPS) is 22.7. The Morgan fingerprint density at radius 3 is 1.05 bits per heavy atom. The molecule has 6 rings (SSSR count). The quantitative estimate of drug-likeness (QED) is 0.0665. The van der Waals surface area contributed by atoms with E-state index in [-0.39, 0.29) is 245 Å². The van der Waals surface area contributed by atoms with Gasteiger partial charge >= 0.3 is 129 Å². The molecule has 27 nitrogen and oxygen atoms in total. The van der Waals surface area contributed by atoms with Gasteiger partial charge in [0, 0.05) is 50.8 Å². The summed E-state index contributed by atoms with van der Waals surface area (Å²) in [4.78, 5) is 21.5. The Morgan fingerprint density at radius 2 is 0.822 bits per heavy atom. The van der Waals surface area contributed by atoms with Crippen LogP contribution in [-0.2, 0) is 197 Å². The van der Waals surface area contributed by atoms with Crippen molar-refractivity contribution in [1.29, 1.82) is 0 Å². The second kappa shape index (κ2) is 59.0. The van der Waals surface area contributed by atoms with Crippen molar-refractivity contribution in [1.82, 2.24) is 0 Å². The number of allylic oxidation sites excluding steroid dienone is 2. The predicted octanol–water partition coefficient (Wildman–Crippen LogP) is -1.98. The van der Waals surface area contributed by atoms with Gasteiger partial charge in [-0.3, -0.25) is 9.59 Å². The number of aliphatic hydroxyl groups excluding tert-OH is 2. The second-order valence-electron chi connectivity index (χ2n) is 15.4. The molecule has 4 aliphatic heterocycles. The van der Waals surface area contributed by atoms with E-state index in [4.69, 9.17) is 30.6 Å². The van der Waals surface area contributed by atoms with Gasteiger partial charge in [0.05, 0.1) is 42.6 Å². The van der Waals surface area contributed by atoms with Crippen LogP contribution in [0.2, 0.25) is 0 Å². The number of piperidine rings is 3. The van der Waals surface area contributed by atoms with E-state index in [2.05, 4.69) is 33.4 Å². The third kappa shape index (κ3) is 43.8. The van der Waals surface area contributed by atoms with E-state index in [0.717, 1.165) is 63.6 Å². The summed E-state index contributed by atoms with van der Waals surface area (Å²) in [5.74, 6) is -3.53. The summed E-state index contributed by atoms with van der Waals surface area (Å²) in [6, 6.07) is 0. The molecular formula is C36H78N6O21S2Zn8+6. The molecule has 37 heteroatoms. The fourth-order valence-corrected chi connectivity index (χ4v) is 10.2. The summed E-state index contributed by atoms with van der Waals surface area (Å²) in [7, 11) is -9.19. The number of carbonyl (C=O) groups is 2. The van der Waals surface area contributed by atoms with Gasteiger partial charge < -0.3 is 112 Å². The third-order valence-electron chi connectivity index (χ3n) is 11.6. The van der Waals surface area contributed by atoms with Crippen LogP contribution in [0.1, 0.15) is 77.0 Å². The molecule has 4 heterocycles. The fraction of sp³-hybridized carbons (Fsp3) is 0.833. The molecule has 6 atom stereocenters. The van der Waals surface area contributed by atoms with Crippen molar-refractivity contribution < 1.29 is 260 Å². The van der Waals surface area contributed by atoms with E-state index in [1.54, 1.807) is 0 Å². The number of aliphatic carboxylic acids is 2. The van der Waals surface area contributed by atoms with Crippen LogP contribution >= 0.6 is 0 Å². The van der Waals surface area contributed by atoms with Crippen molar-refractivity contribution in [3.05, 3.63) is 57.5 Å². The zero-order chi connectivity index (χ0) is 41.5. The first-order valence-corrected chi connectivity index (χ1v) is 22.3. The summed E-state index contributed by atoms with van der Waals surface area (Å²) in [6.07, 6.45) is 9.62. The largest absolute Gasteiger partial charge is 2.00 e. The number of rotatable bonds is 8. The Bertz CT molecular complexity index is 1460. The summed E-state index contributed by atoms with van der Waals surface area (Å²) in [6.45, 7) is 7.46. The number of carboxylic acids is 2. The minimum atomic E-state index is -4.59. The van der Waals surface area contributed by atoms with Gasteiger partial charge in [-0.2, -0.15) is 6.20 Å². The number of hydrogen-bond acceptors (Lipinski definition) is 12. The number of nitrogens with zero attached hydrogens (tertiary/aromatic N) is 4. The molecule has 0 spiro atoms. The molecule has 6 aliphatic rings. The first kappa shape index (κ1) is 114. The Morgan fingerprint density at radius 1 is 0.534 bits per heavy atom. The van der Waals surface area contributed by atoms with E-state index < -0.39 is 78.9 Å². The zero-order valence-corrected chi connectivity index (χ0v) is 67.4. The SMILES string of the molecule is C1=CC(C2CC[N-]CC2)=CC[N-]1.C1CC(C2CC[N-]CC2)CC[N-]1.O.O.O.O.O.O=C(O)C1CC(C(O)O)CC(S(=O)(=O)[O-])C1.O=C(O)C1CC(C(O)O)CC(S(=O)(=O)[O-])C1.[NH2-].[NH2-].[OH3+].[OH3+].[Zn+2].[Zn+2].[Zn+2].[Zn+2].[Zn+2].[Zn+2].[Zn].[Zn]. The number of hydrogen-bond donors (Lipinski definition) is 6. The van der Waals surface area contributed by atoms with Crippen molar-refractivity contribution in [3.8, 4) is 0 Å². The van der Waals surface area contributed by atoms with Gasteiger partial charge in [-0.1, -0.05) is 56.3 Å². The summed E-state index contributed by atoms with van der Waals surface area (Å²) in [5, 5.41) is 67.8. The topological polar surface area (TPSA) is 617 Å². The summed E-state index contributed by atoms with van der Waals surface area (Å²) < 4.78 is 64.9. The molecule has 26 N–H and O–H groups in total. The minimum Gasteiger partial charge on any atom is -0.748 e. The molecule has 0 aromatic heterocycles. The molecule has 5 fully saturated rings. The summed E-state index contributed by atoms with van der Waals surface area (Å²) in [5.41, 5.74) is 1.49. The average Bonchev–Trinajstić information content (AvgIpc) is 3.19. The molecule has 2 aliphatic carbocycles. The third-order valence-corrected chi connectivity index (χ3v) is 14.0. The maximum atomic E-state index is 10.8. The molecule has 73 heavy (non-hydrogen) atoms. The molecule has 0 aromatic rings. The average molecular weight is 1520 g/mol. The Kier molecular flexibility index (Phi) is 92.5. The molecule has 0 bridgehead atoms. The van der Waals surface area contributed by atoms with Crippen LogP contribution in [0.4, 0.5) is 0 Å². The first-order valence-electron chi connectivity index (χ1n) is 19.4. The van der Waals surface area contributed by atoms with Crippen molar-refractivity contribution in [2.75, 3.05) is 45.8 Å². The zero-order valence-electron chi connectivity index (χ0n) is 42.0. The van der Waals surface area contributed by atoms with Crippen molar-refractivity contribution in [2.24, 2.45) is 41.4 Å². The van der Waals surface area contributed by atoms with Gasteiger partial charge in [-0.05, 0) is 56.3 Å². The van der Waals surface area contributed by atoms with Crippen LogP contribution in [0.3, 0.4) is 0 Å². The molecule has 400 valence electrons. The summed E-state index contributed by atoms with van der Waals surface area (Å²) >= 11 is 0. The van der Waals surface area contributed by atoms with Gasteiger partial charge in [-0.25, -0.2) is 16.8 Å². The maximum Gasteiger partial charge on any atom is 2.00 e. The van der Waals surface area contributed by atoms with Gasteiger partial charge in [0.1, 0.15) is 0 Å². The Hall–Kier alpha value is 2.39. The van der Waals surface area contributed by atoms with Gasteiger partial charge in [-0.15, -0.1) is 45.8 Å².